The Balaban J connectivity index is 1.11. The van der Waals surface area contributed by atoms with Crippen molar-refractivity contribution in [3.05, 3.63) is 41.2 Å². The van der Waals surface area contributed by atoms with E-state index in [0.29, 0.717) is 63.9 Å². The fourth-order valence-corrected chi connectivity index (χ4v) is 8.79. The van der Waals surface area contributed by atoms with Crippen molar-refractivity contribution in [2.45, 2.75) is 94.4 Å². The molecule has 4 fully saturated rings. The van der Waals surface area contributed by atoms with Crippen molar-refractivity contribution in [3.8, 4) is 5.75 Å². The molecule has 1 aromatic heterocycles. The number of anilines is 2. The van der Waals surface area contributed by atoms with Crippen molar-refractivity contribution in [3.63, 3.8) is 0 Å². The summed E-state index contributed by atoms with van der Waals surface area (Å²) in [5.41, 5.74) is -1.28. The van der Waals surface area contributed by atoms with Crippen LogP contribution in [0.15, 0.2) is 24.4 Å². The van der Waals surface area contributed by atoms with Gasteiger partial charge in [0.1, 0.15) is 23.1 Å². The number of alkyl halides is 5. The number of hydrogen-bond donors (Lipinski definition) is 2. The maximum absolute atomic E-state index is 15.1. The first kappa shape index (κ1) is 33.0. The molecule has 1 spiro atoms. The molecule has 260 valence electrons. The summed E-state index contributed by atoms with van der Waals surface area (Å²) in [5.74, 6) is -4.81. The van der Waals surface area contributed by atoms with Gasteiger partial charge in [0.15, 0.2) is 0 Å². The van der Waals surface area contributed by atoms with Crippen LogP contribution in [0.3, 0.4) is 0 Å². The SMILES string of the molecule is CC1CC2CC(C1)C(NC(=O)c1cnc(N3CC4(CC4)c4cc(OC5CCN(CC(F)(F)F)CC5)ccc43)nc1C(C)(F)F)(C(=O)O)C2. The third-order valence-electron chi connectivity index (χ3n) is 11.1. The number of nitrogens with one attached hydrogen (secondary N) is 1. The molecule has 3 saturated carbocycles. The molecule has 0 radical (unpaired) electrons. The quantitative estimate of drug-likeness (QED) is 0.319. The van der Waals surface area contributed by atoms with Gasteiger partial charge in [-0.1, -0.05) is 6.92 Å². The lowest BCUT2D eigenvalue weighted by Crippen LogP contribution is -2.57. The van der Waals surface area contributed by atoms with Crippen LogP contribution in [0, 0.1) is 17.8 Å². The lowest BCUT2D eigenvalue weighted by molar-refractivity contribution is -0.149. The van der Waals surface area contributed by atoms with Gasteiger partial charge in [-0.3, -0.25) is 9.69 Å². The van der Waals surface area contributed by atoms with E-state index in [9.17, 15) is 27.9 Å². The highest BCUT2D eigenvalue weighted by atomic mass is 19.4. The maximum Gasteiger partial charge on any atom is 0.401 e. The van der Waals surface area contributed by atoms with Gasteiger partial charge in [-0.05, 0) is 92.9 Å². The van der Waals surface area contributed by atoms with Crippen molar-refractivity contribution in [1.82, 2.24) is 20.2 Å². The molecule has 1 saturated heterocycles. The van der Waals surface area contributed by atoms with Crippen LogP contribution in [0.2, 0.25) is 0 Å². The highest BCUT2D eigenvalue weighted by molar-refractivity contribution is 5.99. The lowest BCUT2D eigenvalue weighted by atomic mass is 9.78. The number of aromatic nitrogens is 2. The maximum atomic E-state index is 15.1. The Kier molecular flexibility index (Phi) is 7.91. The lowest BCUT2D eigenvalue weighted by Gasteiger charge is -2.33. The van der Waals surface area contributed by atoms with Crippen LogP contribution in [0.5, 0.6) is 5.75 Å². The molecular weight excluding hydrogens is 637 g/mol. The van der Waals surface area contributed by atoms with Gasteiger partial charge in [0.05, 0.1) is 12.1 Å². The fourth-order valence-electron chi connectivity index (χ4n) is 8.79. The number of carbonyl (C=O) groups is 2. The Labute approximate surface area is 275 Å². The van der Waals surface area contributed by atoms with E-state index >= 15 is 8.78 Å². The second-order valence-corrected chi connectivity index (χ2v) is 14.9. The van der Waals surface area contributed by atoms with E-state index in [1.54, 1.807) is 11.0 Å². The summed E-state index contributed by atoms with van der Waals surface area (Å²) in [6.45, 7) is 2.82. The number of nitrogens with zero attached hydrogens (tertiary/aromatic N) is 4. The van der Waals surface area contributed by atoms with Crippen LogP contribution in [-0.2, 0) is 16.1 Å². The molecule has 2 bridgehead atoms. The zero-order valence-corrected chi connectivity index (χ0v) is 27.0. The number of piperidine rings is 1. The monoisotopic (exact) mass is 677 g/mol. The van der Waals surface area contributed by atoms with Crippen LogP contribution in [0.1, 0.15) is 86.8 Å². The standard InChI is InChI=1S/C34H40F5N5O4/c1-19-11-20-13-21(12-19)33(15-20,29(46)47)42-28(45)24-16-40-30(41-27(24)31(2,35)36)44-17-32(7-8-32)25-14-23(3-4-26(25)44)48-22-5-9-43(10-6-22)18-34(37,38)39/h3-4,14,16,19-22H,5-13,15,17-18H2,1-2H3,(H,42,45)(H,46,47). The van der Waals surface area contributed by atoms with E-state index in [1.807, 2.05) is 12.1 Å². The number of ether oxygens (including phenoxy) is 1. The normalized spacial score (nSPS) is 28.4. The Morgan fingerprint density at radius 1 is 1.10 bits per heavy atom. The average Bonchev–Trinajstić information content (AvgIpc) is 3.65. The number of likely N-dealkylation sites (tertiary alicyclic amines) is 1. The van der Waals surface area contributed by atoms with Gasteiger partial charge in [0.2, 0.25) is 5.95 Å². The molecular formula is C34H40F5N5O4. The van der Waals surface area contributed by atoms with Gasteiger partial charge >= 0.3 is 12.1 Å². The molecule has 1 aromatic carbocycles. The van der Waals surface area contributed by atoms with Crippen LogP contribution < -0.4 is 15.0 Å². The van der Waals surface area contributed by atoms with Crippen LogP contribution in [-0.4, -0.2) is 75.8 Å². The molecule has 5 aliphatic rings. The summed E-state index contributed by atoms with van der Waals surface area (Å²) in [6.07, 6.45) is 1.74. The van der Waals surface area contributed by atoms with Gasteiger partial charge in [-0.25, -0.2) is 14.8 Å². The number of hydrogen-bond acceptors (Lipinski definition) is 7. The molecule has 1 amide bonds. The number of carboxylic acids is 1. The summed E-state index contributed by atoms with van der Waals surface area (Å²) < 4.78 is 74.8. The zero-order chi connectivity index (χ0) is 34.2. The Morgan fingerprint density at radius 2 is 1.83 bits per heavy atom. The summed E-state index contributed by atoms with van der Waals surface area (Å²) in [6, 6.07) is 5.50. The minimum atomic E-state index is -4.24. The molecule has 14 heteroatoms. The van der Waals surface area contributed by atoms with Crippen LogP contribution in [0.4, 0.5) is 33.6 Å². The second kappa shape index (κ2) is 11.5. The Bertz CT molecular complexity index is 1600. The molecule has 3 aliphatic carbocycles. The second-order valence-electron chi connectivity index (χ2n) is 14.9. The summed E-state index contributed by atoms with van der Waals surface area (Å²) >= 11 is 0. The fraction of sp³-hybridized carbons (Fsp3) is 0.647. The smallest absolute Gasteiger partial charge is 0.401 e. The Hall–Kier alpha value is -3.55. The first-order valence-corrected chi connectivity index (χ1v) is 16.7. The number of halogens is 5. The third kappa shape index (κ3) is 6.09. The predicted molar refractivity (Wildman–Crippen MR) is 165 cm³/mol. The molecule has 4 unspecified atom stereocenters. The number of benzene rings is 1. The van der Waals surface area contributed by atoms with Gasteiger partial charge in [-0.15, -0.1) is 0 Å². The summed E-state index contributed by atoms with van der Waals surface area (Å²) in [7, 11) is 0. The van der Waals surface area contributed by atoms with E-state index in [4.69, 9.17) is 4.74 Å². The number of amides is 1. The number of rotatable bonds is 8. The first-order valence-electron chi connectivity index (χ1n) is 16.7. The van der Waals surface area contributed by atoms with Crippen molar-refractivity contribution < 1.29 is 41.4 Å². The number of carbonyl (C=O) groups excluding carboxylic acids is 1. The topological polar surface area (TPSA) is 108 Å². The van der Waals surface area contributed by atoms with E-state index in [2.05, 4.69) is 22.2 Å². The van der Waals surface area contributed by atoms with E-state index in [1.165, 1.54) is 4.90 Å². The number of aliphatic carboxylic acids is 1. The molecule has 3 heterocycles. The molecule has 4 atom stereocenters. The van der Waals surface area contributed by atoms with Crippen molar-refractivity contribution in [2.24, 2.45) is 17.8 Å². The predicted octanol–water partition coefficient (Wildman–Crippen LogP) is 6.19. The number of carboxylic acid groups (broad SMARTS) is 1. The number of fused-ring (bicyclic) bond motifs is 4. The molecule has 48 heavy (non-hydrogen) atoms. The van der Waals surface area contributed by atoms with Crippen LogP contribution >= 0.6 is 0 Å². The summed E-state index contributed by atoms with van der Waals surface area (Å²) in [4.78, 5) is 38.0. The molecule has 9 nitrogen and oxygen atoms in total. The molecule has 7 rings (SSSR count). The minimum absolute atomic E-state index is 0.0114. The molecule has 2 aromatic rings. The van der Waals surface area contributed by atoms with Gasteiger partial charge in [0, 0.05) is 43.9 Å². The third-order valence-corrected chi connectivity index (χ3v) is 11.1. The van der Waals surface area contributed by atoms with E-state index < -0.39 is 47.3 Å². The average molecular weight is 678 g/mol. The highest BCUT2D eigenvalue weighted by Crippen LogP contribution is 2.58. The molecule has 2 aliphatic heterocycles. The largest absolute Gasteiger partial charge is 0.490 e. The van der Waals surface area contributed by atoms with Gasteiger partial charge < -0.3 is 20.1 Å². The van der Waals surface area contributed by atoms with Gasteiger partial charge in [-0.2, -0.15) is 22.0 Å². The van der Waals surface area contributed by atoms with Crippen molar-refractivity contribution in [2.75, 3.05) is 31.1 Å². The highest BCUT2D eigenvalue weighted by Gasteiger charge is 2.57. The van der Waals surface area contributed by atoms with E-state index in [-0.39, 0.29) is 35.7 Å². The van der Waals surface area contributed by atoms with Crippen molar-refractivity contribution >= 4 is 23.5 Å². The van der Waals surface area contributed by atoms with E-state index in [0.717, 1.165) is 36.7 Å². The zero-order valence-electron chi connectivity index (χ0n) is 27.0. The van der Waals surface area contributed by atoms with Crippen LogP contribution in [0.25, 0.3) is 0 Å². The minimum Gasteiger partial charge on any atom is -0.490 e. The summed E-state index contributed by atoms with van der Waals surface area (Å²) in [5, 5.41) is 12.9. The first-order chi connectivity index (χ1) is 22.6. The van der Waals surface area contributed by atoms with Gasteiger partial charge in [0.25, 0.3) is 11.8 Å². The van der Waals surface area contributed by atoms with Crippen molar-refractivity contribution in [1.29, 1.82) is 0 Å². The molecule has 2 N–H and O–H groups in total. The Morgan fingerprint density at radius 3 is 2.48 bits per heavy atom.